The van der Waals surface area contributed by atoms with Crippen LogP contribution in [0.5, 0.6) is 0 Å². The van der Waals surface area contributed by atoms with E-state index in [1.54, 1.807) is 0 Å². The lowest BCUT2D eigenvalue weighted by atomic mass is 10.0. The third-order valence-electron chi connectivity index (χ3n) is 3.66. The molecule has 0 aliphatic heterocycles. The predicted octanol–water partition coefficient (Wildman–Crippen LogP) is 3.58. The second-order valence-electron chi connectivity index (χ2n) is 5.33. The summed E-state index contributed by atoms with van der Waals surface area (Å²) in [6.45, 7) is 7.74. The van der Waals surface area contributed by atoms with Crippen LogP contribution in [0.25, 0.3) is 0 Å². The largest absolute Gasteiger partial charge is 0.310 e. The molecule has 1 atom stereocenters. The minimum Gasteiger partial charge on any atom is -0.310 e. The summed E-state index contributed by atoms with van der Waals surface area (Å²) in [5.74, 6) is 1.01. The fourth-order valence-electron chi connectivity index (χ4n) is 2.34. The smallest absolute Gasteiger partial charge is 0.0213 e. The third-order valence-corrected chi connectivity index (χ3v) is 3.66. The van der Waals surface area contributed by atoms with Gasteiger partial charge in [-0.3, -0.25) is 0 Å². The number of nitrogens with one attached hydrogen (secondary N) is 1. The van der Waals surface area contributed by atoms with Crippen LogP contribution in [0.3, 0.4) is 0 Å². The molecular formula is C15H23N. The van der Waals surface area contributed by atoms with Crippen molar-refractivity contribution in [2.75, 3.05) is 0 Å². The molecule has 0 heterocycles. The first-order valence-corrected chi connectivity index (χ1v) is 6.45. The highest BCUT2D eigenvalue weighted by Crippen LogP contribution is 2.33. The van der Waals surface area contributed by atoms with E-state index in [-0.39, 0.29) is 0 Å². The standard InChI is InChI=1S/C15H23N/c1-11-5-4-6-12(2)15(11)10-16-13(3)9-14-7-8-14/h4-6,13-14,16H,7-10H2,1-3H3. The second-order valence-corrected chi connectivity index (χ2v) is 5.33. The summed E-state index contributed by atoms with van der Waals surface area (Å²) in [4.78, 5) is 0. The average Bonchev–Trinajstić information content (AvgIpc) is 3.01. The highest BCUT2D eigenvalue weighted by molar-refractivity contribution is 5.33. The summed E-state index contributed by atoms with van der Waals surface area (Å²) in [6.07, 6.45) is 4.26. The Hall–Kier alpha value is -0.820. The lowest BCUT2D eigenvalue weighted by Crippen LogP contribution is -2.26. The molecule has 1 heteroatoms. The van der Waals surface area contributed by atoms with Gasteiger partial charge in [0.05, 0.1) is 0 Å². The van der Waals surface area contributed by atoms with Gasteiger partial charge >= 0.3 is 0 Å². The van der Waals surface area contributed by atoms with Crippen LogP contribution in [0.1, 0.15) is 42.9 Å². The van der Waals surface area contributed by atoms with Gasteiger partial charge in [-0.25, -0.2) is 0 Å². The van der Waals surface area contributed by atoms with E-state index in [2.05, 4.69) is 44.3 Å². The molecule has 88 valence electrons. The van der Waals surface area contributed by atoms with Crippen LogP contribution in [0.15, 0.2) is 18.2 Å². The first kappa shape index (κ1) is 11.7. The molecule has 0 aromatic heterocycles. The van der Waals surface area contributed by atoms with Crippen LogP contribution in [0, 0.1) is 19.8 Å². The Kier molecular flexibility index (Phi) is 3.65. The topological polar surface area (TPSA) is 12.0 Å². The third kappa shape index (κ3) is 3.08. The van der Waals surface area contributed by atoms with Crippen molar-refractivity contribution in [1.82, 2.24) is 5.32 Å². The fourth-order valence-corrected chi connectivity index (χ4v) is 2.34. The minimum atomic E-state index is 0.659. The van der Waals surface area contributed by atoms with Gasteiger partial charge in [0, 0.05) is 12.6 Å². The van der Waals surface area contributed by atoms with Crippen molar-refractivity contribution in [2.45, 2.75) is 52.6 Å². The van der Waals surface area contributed by atoms with Gasteiger partial charge in [-0.15, -0.1) is 0 Å². The number of rotatable bonds is 5. The first-order valence-electron chi connectivity index (χ1n) is 6.45. The highest BCUT2D eigenvalue weighted by atomic mass is 14.9. The van der Waals surface area contributed by atoms with Gasteiger partial charge in [-0.05, 0) is 49.8 Å². The van der Waals surface area contributed by atoms with Gasteiger partial charge in [0.2, 0.25) is 0 Å². The molecule has 1 fully saturated rings. The maximum Gasteiger partial charge on any atom is 0.0213 e. The summed E-state index contributed by atoms with van der Waals surface area (Å²) in [5, 5.41) is 3.65. The van der Waals surface area contributed by atoms with Crippen LogP contribution < -0.4 is 5.32 Å². The Morgan fingerprint density at radius 1 is 1.25 bits per heavy atom. The van der Waals surface area contributed by atoms with Crippen LogP contribution in [0.2, 0.25) is 0 Å². The molecule has 1 aromatic carbocycles. The molecule has 2 rings (SSSR count). The van der Waals surface area contributed by atoms with E-state index in [4.69, 9.17) is 0 Å². The van der Waals surface area contributed by atoms with Crippen molar-refractivity contribution < 1.29 is 0 Å². The van der Waals surface area contributed by atoms with E-state index in [0.717, 1.165) is 12.5 Å². The molecule has 1 unspecified atom stereocenters. The molecule has 0 radical (unpaired) electrons. The Balaban J connectivity index is 1.87. The monoisotopic (exact) mass is 217 g/mol. The van der Waals surface area contributed by atoms with E-state index >= 15 is 0 Å². The molecule has 0 bridgehead atoms. The van der Waals surface area contributed by atoms with Crippen molar-refractivity contribution in [3.63, 3.8) is 0 Å². The first-order chi connectivity index (χ1) is 7.66. The van der Waals surface area contributed by atoms with Crippen molar-refractivity contribution in [3.05, 3.63) is 34.9 Å². The van der Waals surface area contributed by atoms with E-state index < -0.39 is 0 Å². The van der Waals surface area contributed by atoms with Crippen molar-refractivity contribution in [3.8, 4) is 0 Å². The molecule has 1 aromatic rings. The zero-order valence-electron chi connectivity index (χ0n) is 10.7. The number of hydrogen-bond acceptors (Lipinski definition) is 1. The van der Waals surface area contributed by atoms with Crippen molar-refractivity contribution in [1.29, 1.82) is 0 Å². The molecule has 0 amide bonds. The summed E-state index contributed by atoms with van der Waals surface area (Å²) >= 11 is 0. The Labute approximate surface area is 99.3 Å². The summed E-state index contributed by atoms with van der Waals surface area (Å²) in [6, 6.07) is 7.21. The summed E-state index contributed by atoms with van der Waals surface area (Å²) < 4.78 is 0. The summed E-state index contributed by atoms with van der Waals surface area (Å²) in [7, 11) is 0. The highest BCUT2D eigenvalue weighted by Gasteiger charge is 2.23. The normalized spacial score (nSPS) is 17.4. The molecule has 1 N–H and O–H groups in total. The molecule has 0 spiro atoms. The average molecular weight is 217 g/mol. The zero-order valence-corrected chi connectivity index (χ0v) is 10.7. The van der Waals surface area contributed by atoms with Crippen molar-refractivity contribution >= 4 is 0 Å². The minimum absolute atomic E-state index is 0.659. The summed E-state index contributed by atoms with van der Waals surface area (Å²) in [5.41, 5.74) is 4.29. The molecule has 1 nitrogen and oxygen atoms in total. The SMILES string of the molecule is Cc1cccc(C)c1CNC(C)CC1CC1. The molecule has 0 saturated heterocycles. The van der Waals surface area contributed by atoms with Gasteiger partial charge in [0.25, 0.3) is 0 Å². The number of aryl methyl sites for hydroxylation is 2. The van der Waals surface area contributed by atoms with E-state index in [1.807, 2.05) is 0 Å². The number of benzene rings is 1. The van der Waals surface area contributed by atoms with E-state index in [1.165, 1.54) is 36.0 Å². The lowest BCUT2D eigenvalue weighted by Gasteiger charge is -2.16. The Morgan fingerprint density at radius 2 is 1.88 bits per heavy atom. The van der Waals surface area contributed by atoms with Gasteiger partial charge in [-0.2, -0.15) is 0 Å². The Bertz CT molecular complexity index is 332. The van der Waals surface area contributed by atoms with Gasteiger partial charge in [0.1, 0.15) is 0 Å². The molecule has 1 aliphatic rings. The van der Waals surface area contributed by atoms with Gasteiger partial charge in [0.15, 0.2) is 0 Å². The maximum absolute atomic E-state index is 3.65. The molecular weight excluding hydrogens is 194 g/mol. The fraction of sp³-hybridized carbons (Fsp3) is 0.600. The lowest BCUT2D eigenvalue weighted by molar-refractivity contribution is 0.486. The van der Waals surface area contributed by atoms with Crippen LogP contribution >= 0.6 is 0 Å². The molecule has 1 saturated carbocycles. The van der Waals surface area contributed by atoms with E-state index in [0.29, 0.717) is 6.04 Å². The van der Waals surface area contributed by atoms with Crippen LogP contribution in [0.4, 0.5) is 0 Å². The van der Waals surface area contributed by atoms with Crippen LogP contribution in [-0.2, 0) is 6.54 Å². The molecule has 1 aliphatic carbocycles. The van der Waals surface area contributed by atoms with Crippen LogP contribution in [-0.4, -0.2) is 6.04 Å². The zero-order chi connectivity index (χ0) is 11.5. The van der Waals surface area contributed by atoms with Crippen molar-refractivity contribution in [2.24, 2.45) is 5.92 Å². The van der Waals surface area contributed by atoms with Gasteiger partial charge < -0.3 is 5.32 Å². The quantitative estimate of drug-likeness (QED) is 0.795. The Morgan fingerprint density at radius 3 is 2.44 bits per heavy atom. The number of hydrogen-bond donors (Lipinski definition) is 1. The molecule has 16 heavy (non-hydrogen) atoms. The predicted molar refractivity (Wildman–Crippen MR) is 69.6 cm³/mol. The van der Waals surface area contributed by atoms with E-state index in [9.17, 15) is 0 Å². The van der Waals surface area contributed by atoms with Gasteiger partial charge in [-0.1, -0.05) is 31.0 Å². The second kappa shape index (κ2) is 5.01. The maximum atomic E-state index is 3.65.